The van der Waals surface area contributed by atoms with E-state index < -0.39 is 106 Å². The number of hydrogen-bond donors (Lipinski definition) is 5. The third kappa shape index (κ3) is 4.29. The first kappa shape index (κ1) is 32.1. The second-order valence-electron chi connectivity index (χ2n) is 13.6. The van der Waals surface area contributed by atoms with Gasteiger partial charge in [-0.3, -0.25) is 43.4 Å². The van der Waals surface area contributed by atoms with Crippen molar-refractivity contribution < 1.29 is 54.0 Å². The lowest BCUT2D eigenvalue weighted by atomic mass is 9.59. The minimum absolute atomic E-state index is 0.0537. The zero-order valence-electron chi connectivity index (χ0n) is 26.7. The van der Waals surface area contributed by atoms with E-state index in [9.17, 15) is 54.0 Å². The number of amides is 5. The molecule has 0 radical (unpaired) electrons. The maximum atomic E-state index is 14.1. The van der Waals surface area contributed by atoms with Gasteiger partial charge in [-0.1, -0.05) is 36.4 Å². The third-order valence-electron chi connectivity index (χ3n) is 11.0. The first-order valence-electron chi connectivity index (χ1n) is 16.2. The minimum atomic E-state index is -2.78. The van der Waals surface area contributed by atoms with Gasteiger partial charge in [-0.2, -0.15) is 0 Å². The first-order chi connectivity index (χ1) is 24.2. The Hall–Kier alpha value is -6.15. The molecule has 51 heavy (non-hydrogen) atoms. The summed E-state index contributed by atoms with van der Waals surface area (Å²) in [4.78, 5) is 94.4. The molecule has 14 nitrogen and oxygen atoms in total. The number of benzene rings is 2. The summed E-state index contributed by atoms with van der Waals surface area (Å²) >= 11 is 0. The second kappa shape index (κ2) is 10.9. The lowest BCUT2D eigenvalue weighted by Crippen LogP contribution is -2.58. The number of rotatable bonds is 5. The van der Waals surface area contributed by atoms with Crippen molar-refractivity contribution in [2.75, 3.05) is 0 Å². The number of fused-ring (bicyclic) bond motifs is 5. The Kier molecular flexibility index (Phi) is 6.87. The van der Waals surface area contributed by atoms with Crippen LogP contribution in [0.25, 0.3) is 5.76 Å². The zero-order chi connectivity index (χ0) is 36.3. The standard InChI is InChI=1S/C37H29N3O11/c38-32(46)27-24(41)12-18-10-15-11-23-16(13-39-33(47)19-5-1-2-6-20(19)34(39)48)9-17(14-40-35(49)21-7-3-4-8-22(21)36(40)50)28(42)26(23)29(43)25(15)30(44)37(18,51)31(27)45/h1-9,15,18-20,42-43,45,51H,10-14H2,(H2,38,46)/t15-,18+,19?,20?,37+/m1/s1. The van der Waals surface area contributed by atoms with Crippen LogP contribution in [0.3, 0.4) is 0 Å². The van der Waals surface area contributed by atoms with E-state index in [0.29, 0.717) is 0 Å². The van der Waals surface area contributed by atoms with Crippen molar-refractivity contribution in [1.29, 1.82) is 0 Å². The summed E-state index contributed by atoms with van der Waals surface area (Å²) in [5.74, 6) is -11.8. The summed E-state index contributed by atoms with van der Waals surface area (Å²) in [6.45, 7) is -0.804. The van der Waals surface area contributed by atoms with Crippen molar-refractivity contribution >= 4 is 46.9 Å². The second-order valence-corrected chi connectivity index (χ2v) is 13.6. The summed E-state index contributed by atoms with van der Waals surface area (Å²) in [5.41, 5.74) is 1.68. The van der Waals surface area contributed by atoms with E-state index in [1.807, 2.05) is 0 Å². The number of imide groups is 2. The Morgan fingerprint density at radius 1 is 0.843 bits per heavy atom. The number of likely N-dealkylation sites (tertiary alicyclic amines) is 1. The van der Waals surface area contributed by atoms with Gasteiger partial charge in [0.15, 0.2) is 11.4 Å². The van der Waals surface area contributed by atoms with Gasteiger partial charge in [0, 0.05) is 23.5 Å². The molecule has 2 aromatic carbocycles. The molecule has 5 amide bonds. The number of ketones is 2. The molecule has 0 spiro atoms. The molecule has 6 N–H and O–H groups in total. The van der Waals surface area contributed by atoms with Crippen molar-refractivity contribution in [3.8, 4) is 5.75 Å². The Bertz CT molecular complexity index is 2160. The smallest absolute Gasteiger partial charge is 0.261 e. The number of aliphatic hydroxyl groups is 3. The van der Waals surface area contributed by atoms with Crippen molar-refractivity contribution in [3.63, 3.8) is 0 Å². The molecule has 6 aliphatic rings. The number of allylic oxidation sites excluding steroid dienone is 2. The number of nitrogens with zero attached hydrogens (tertiary/aromatic N) is 2. The Balaban J connectivity index is 1.27. The Morgan fingerprint density at radius 2 is 1.43 bits per heavy atom. The van der Waals surface area contributed by atoms with E-state index in [1.54, 1.807) is 36.4 Å². The van der Waals surface area contributed by atoms with Gasteiger partial charge < -0.3 is 26.2 Å². The van der Waals surface area contributed by atoms with Crippen LogP contribution < -0.4 is 5.73 Å². The van der Waals surface area contributed by atoms with Crippen molar-refractivity contribution in [2.45, 2.75) is 38.0 Å². The maximum Gasteiger partial charge on any atom is 0.261 e. The van der Waals surface area contributed by atoms with E-state index in [4.69, 9.17) is 5.73 Å². The zero-order valence-corrected chi connectivity index (χ0v) is 26.7. The van der Waals surface area contributed by atoms with Crippen LogP contribution in [0.2, 0.25) is 0 Å². The molecule has 8 rings (SSSR count). The molecule has 5 atom stereocenters. The van der Waals surface area contributed by atoms with Gasteiger partial charge in [-0.05, 0) is 48.1 Å². The van der Waals surface area contributed by atoms with Gasteiger partial charge in [0.1, 0.15) is 22.8 Å². The predicted octanol–water partition coefficient (Wildman–Crippen LogP) is 1.45. The summed E-state index contributed by atoms with van der Waals surface area (Å²) in [7, 11) is 0. The van der Waals surface area contributed by atoms with E-state index in [-0.39, 0.29) is 58.3 Å². The summed E-state index contributed by atoms with van der Waals surface area (Å²) in [5, 5.41) is 46.1. The molecule has 2 unspecified atom stereocenters. The van der Waals surface area contributed by atoms with Crippen molar-refractivity contribution in [2.24, 2.45) is 29.4 Å². The normalized spacial score (nSPS) is 27.9. The van der Waals surface area contributed by atoms with Crippen molar-refractivity contribution in [1.82, 2.24) is 9.80 Å². The summed E-state index contributed by atoms with van der Waals surface area (Å²) in [6.07, 6.45) is 5.88. The first-order valence-corrected chi connectivity index (χ1v) is 16.2. The largest absolute Gasteiger partial charge is 0.508 e. The van der Waals surface area contributed by atoms with Gasteiger partial charge in [-0.25, -0.2) is 0 Å². The molecule has 0 aromatic heterocycles. The molecule has 0 bridgehead atoms. The predicted molar refractivity (Wildman–Crippen MR) is 173 cm³/mol. The van der Waals surface area contributed by atoms with Crippen LogP contribution in [0.4, 0.5) is 0 Å². The number of carbonyl (C=O) groups excluding carboxylic acids is 7. The Morgan fingerprint density at radius 3 is 2.02 bits per heavy atom. The fourth-order valence-electron chi connectivity index (χ4n) is 8.52. The Labute approximate surface area is 288 Å². The lowest BCUT2D eigenvalue weighted by molar-refractivity contribution is -0.147. The average Bonchev–Trinajstić information content (AvgIpc) is 3.48. The molecule has 2 heterocycles. The quantitative estimate of drug-likeness (QED) is 0.222. The highest BCUT2D eigenvalue weighted by atomic mass is 16.3. The molecule has 1 saturated carbocycles. The molecule has 1 saturated heterocycles. The van der Waals surface area contributed by atoms with Gasteiger partial charge >= 0.3 is 0 Å². The van der Waals surface area contributed by atoms with Gasteiger partial charge in [-0.15, -0.1) is 0 Å². The van der Waals surface area contributed by atoms with E-state index in [1.165, 1.54) is 18.2 Å². The number of Topliss-reactive ketones (excluding diaryl/α,β-unsaturated/α-hetero) is 2. The third-order valence-corrected chi connectivity index (χ3v) is 11.0. The lowest BCUT2D eigenvalue weighted by Gasteiger charge is -2.46. The molecule has 2 aromatic rings. The highest BCUT2D eigenvalue weighted by molar-refractivity contribution is 6.23. The van der Waals surface area contributed by atoms with E-state index in [0.717, 1.165) is 9.80 Å². The minimum Gasteiger partial charge on any atom is -0.508 e. The number of hydrogen-bond acceptors (Lipinski definition) is 11. The van der Waals surface area contributed by atoms with Crippen LogP contribution in [0.5, 0.6) is 5.75 Å². The van der Waals surface area contributed by atoms with Crippen LogP contribution in [-0.2, 0) is 43.5 Å². The molecule has 14 heteroatoms. The maximum absolute atomic E-state index is 14.1. The van der Waals surface area contributed by atoms with E-state index in [2.05, 4.69) is 0 Å². The summed E-state index contributed by atoms with van der Waals surface area (Å²) in [6, 6.07) is 7.60. The highest BCUT2D eigenvalue weighted by Crippen LogP contribution is 2.53. The van der Waals surface area contributed by atoms with Crippen LogP contribution in [-0.4, -0.2) is 76.9 Å². The summed E-state index contributed by atoms with van der Waals surface area (Å²) < 4.78 is 0. The van der Waals surface area contributed by atoms with Crippen LogP contribution in [0, 0.1) is 23.7 Å². The van der Waals surface area contributed by atoms with E-state index >= 15 is 0 Å². The number of phenols is 1. The fraction of sp³-hybridized carbons (Fsp3) is 0.270. The van der Waals surface area contributed by atoms with Gasteiger partial charge in [0.2, 0.25) is 17.6 Å². The highest BCUT2D eigenvalue weighted by Gasteiger charge is 2.60. The number of phenolic OH excluding ortho intramolecular Hbond substituents is 1. The molecule has 2 aliphatic heterocycles. The monoisotopic (exact) mass is 691 g/mol. The molecule has 2 fully saturated rings. The van der Waals surface area contributed by atoms with Crippen molar-refractivity contribution in [3.05, 3.63) is 105 Å². The molecular weight excluding hydrogens is 662 g/mol. The topological polar surface area (TPSA) is 233 Å². The number of aromatic hydroxyl groups is 1. The molecule has 4 aliphatic carbocycles. The van der Waals surface area contributed by atoms with Gasteiger partial charge in [0.25, 0.3) is 17.7 Å². The average molecular weight is 692 g/mol. The number of primary amides is 1. The van der Waals surface area contributed by atoms with Gasteiger partial charge in [0.05, 0.1) is 41.6 Å². The van der Waals surface area contributed by atoms with Crippen LogP contribution in [0.1, 0.15) is 55.8 Å². The number of nitrogens with two attached hydrogens (primary N) is 1. The van der Waals surface area contributed by atoms with Crippen LogP contribution >= 0.6 is 0 Å². The number of aliphatic hydroxyl groups excluding tert-OH is 2. The van der Waals surface area contributed by atoms with Crippen LogP contribution in [0.15, 0.2) is 71.5 Å². The fourth-order valence-corrected chi connectivity index (χ4v) is 8.52. The molecular formula is C37H29N3O11. The SMILES string of the molecule is NC(=O)C1=C(O)[C@@]2(O)C(=O)C3=C(O)c4c(O)c(CN5C(=O)c6ccccc6C5=O)cc(CN5C(=O)C6C=CC=CC6C5=O)c4C[C@H]3C[C@H]2CC1=O. The molecule has 258 valence electrons. The number of carbonyl (C=O) groups is 7.